The number of hydrogen-bond acceptors (Lipinski definition) is 4. The molecular formula is C27H28N2O3. The van der Waals surface area contributed by atoms with Crippen LogP contribution in [-0.4, -0.2) is 28.5 Å². The summed E-state index contributed by atoms with van der Waals surface area (Å²) in [5.41, 5.74) is 3.98. The van der Waals surface area contributed by atoms with Gasteiger partial charge in [-0.05, 0) is 54.3 Å². The van der Waals surface area contributed by atoms with Crippen molar-refractivity contribution in [2.45, 2.75) is 46.7 Å². The molecule has 3 heterocycles. The second-order valence-corrected chi connectivity index (χ2v) is 10.3. The Bertz CT molecular complexity index is 1170. The number of ketones is 1. The fraction of sp³-hybridized carbons (Fsp3) is 0.370. The molecule has 0 aliphatic carbocycles. The Hall–Kier alpha value is -3.21. The average Bonchev–Trinajstić information content (AvgIpc) is 3.19. The molecule has 5 heteroatoms. The van der Waals surface area contributed by atoms with E-state index in [-0.39, 0.29) is 23.6 Å². The zero-order valence-electron chi connectivity index (χ0n) is 19.1. The molecule has 32 heavy (non-hydrogen) atoms. The first kappa shape index (κ1) is 20.7. The summed E-state index contributed by atoms with van der Waals surface area (Å²) in [7, 11) is 0. The highest BCUT2D eigenvalue weighted by molar-refractivity contribution is 6.24. The van der Waals surface area contributed by atoms with E-state index < -0.39 is 23.3 Å². The first-order valence-corrected chi connectivity index (χ1v) is 11.1. The van der Waals surface area contributed by atoms with E-state index in [0.29, 0.717) is 5.69 Å². The van der Waals surface area contributed by atoms with Crippen LogP contribution in [0.2, 0.25) is 0 Å². The van der Waals surface area contributed by atoms with Gasteiger partial charge in [0.15, 0.2) is 5.78 Å². The zero-order valence-corrected chi connectivity index (χ0v) is 19.1. The number of imide groups is 1. The summed E-state index contributed by atoms with van der Waals surface area (Å²) in [5, 5.41) is 0. The van der Waals surface area contributed by atoms with E-state index in [0.717, 1.165) is 22.3 Å². The molecule has 164 valence electrons. The van der Waals surface area contributed by atoms with E-state index >= 15 is 0 Å². The Morgan fingerprint density at radius 1 is 0.906 bits per heavy atom. The lowest BCUT2D eigenvalue weighted by atomic mass is 9.79. The number of amides is 2. The molecule has 2 saturated heterocycles. The molecule has 2 aromatic carbocycles. The summed E-state index contributed by atoms with van der Waals surface area (Å²) in [4.78, 5) is 44.6. The van der Waals surface area contributed by atoms with Gasteiger partial charge in [-0.1, -0.05) is 51.1 Å². The standard InChI is InChI=1S/C27H28N2O3/c1-15-12-16(2)14-18(13-15)29-25(31)20-21(26(29)32)23(24(30)27(3,4)5)28-11-10-17-8-6-7-9-19(17)22(20)28/h6-14,20-23H,1-5H3/t20-,21+,22+,23+/m0/s1. The molecule has 0 saturated carbocycles. The minimum Gasteiger partial charge on any atom is -0.359 e. The zero-order chi connectivity index (χ0) is 22.9. The number of carbonyl (C=O) groups is 3. The molecule has 0 unspecified atom stereocenters. The van der Waals surface area contributed by atoms with Gasteiger partial charge < -0.3 is 4.90 Å². The number of rotatable bonds is 2. The van der Waals surface area contributed by atoms with Crippen LogP contribution in [0.25, 0.3) is 6.08 Å². The summed E-state index contributed by atoms with van der Waals surface area (Å²) < 4.78 is 0. The number of hydrogen-bond donors (Lipinski definition) is 0. The normalized spacial score (nSPS) is 26.3. The monoisotopic (exact) mass is 428 g/mol. The van der Waals surface area contributed by atoms with Crippen LogP contribution in [0.15, 0.2) is 48.7 Å². The number of anilines is 1. The van der Waals surface area contributed by atoms with Crippen LogP contribution in [0.5, 0.6) is 0 Å². The third-order valence-electron chi connectivity index (χ3n) is 6.93. The summed E-state index contributed by atoms with van der Waals surface area (Å²) >= 11 is 0. The van der Waals surface area contributed by atoms with Crippen molar-refractivity contribution in [3.05, 3.63) is 70.9 Å². The first-order chi connectivity index (χ1) is 15.1. The maximum absolute atomic E-state index is 13.8. The summed E-state index contributed by atoms with van der Waals surface area (Å²) in [6.45, 7) is 9.54. The lowest BCUT2D eigenvalue weighted by Crippen LogP contribution is -2.47. The highest BCUT2D eigenvalue weighted by atomic mass is 16.2. The average molecular weight is 429 g/mol. The largest absolute Gasteiger partial charge is 0.359 e. The lowest BCUT2D eigenvalue weighted by molar-refractivity contribution is -0.135. The second kappa shape index (κ2) is 6.89. The predicted molar refractivity (Wildman–Crippen MR) is 124 cm³/mol. The van der Waals surface area contributed by atoms with Crippen LogP contribution >= 0.6 is 0 Å². The molecule has 2 amide bonds. The molecule has 0 aromatic heterocycles. The Morgan fingerprint density at radius 3 is 2.19 bits per heavy atom. The van der Waals surface area contributed by atoms with Gasteiger partial charge in [0, 0.05) is 11.6 Å². The van der Waals surface area contributed by atoms with Crippen molar-refractivity contribution in [3.8, 4) is 0 Å². The van der Waals surface area contributed by atoms with Crippen molar-refractivity contribution in [1.82, 2.24) is 4.90 Å². The van der Waals surface area contributed by atoms with Crippen molar-refractivity contribution >= 4 is 29.4 Å². The molecule has 2 aromatic rings. The molecule has 0 N–H and O–H groups in total. The van der Waals surface area contributed by atoms with Crippen LogP contribution in [0.3, 0.4) is 0 Å². The van der Waals surface area contributed by atoms with E-state index in [1.165, 1.54) is 4.90 Å². The van der Waals surface area contributed by atoms with Gasteiger partial charge in [-0.15, -0.1) is 0 Å². The van der Waals surface area contributed by atoms with Crippen molar-refractivity contribution < 1.29 is 14.4 Å². The fourth-order valence-corrected chi connectivity index (χ4v) is 5.64. The fourth-order valence-electron chi connectivity index (χ4n) is 5.64. The number of nitrogens with zero attached hydrogens (tertiary/aromatic N) is 2. The topological polar surface area (TPSA) is 57.7 Å². The van der Waals surface area contributed by atoms with Gasteiger partial charge in [-0.25, -0.2) is 4.90 Å². The maximum atomic E-state index is 13.8. The SMILES string of the molecule is Cc1cc(C)cc(N2C(=O)[C@@H]3[C@H](C2=O)[C@H]2c4ccccc4C=CN2[C@H]3C(=O)C(C)(C)C)c1. The van der Waals surface area contributed by atoms with Gasteiger partial charge in [0.05, 0.1) is 23.6 Å². The smallest absolute Gasteiger partial charge is 0.240 e. The highest BCUT2D eigenvalue weighted by Crippen LogP contribution is 2.54. The molecular weight excluding hydrogens is 400 g/mol. The van der Waals surface area contributed by atoms with E-state index in [1.54, 1.807) is 0 Å². The molecule has 4 atom stereocenters. The Balaban J connectivity index is 1.68. The van der Waals surface area contributed by atoms with Crippen molar-refractivity contribution in [2.24, 2.45) is 17.3 Å². The molecule has 0 radical (unpaired) electrons. The molecule has 3 aliphatic rings. The van der Waals surface area contributed by atoms with Crippen LogP contribution in [0.4, 0.5) is 5.69 Å². The third-order valence-corrected chi connectivity index (χ3v) is 6.93. The van der Waals surface area contributed by atoms with Crippen molar-refractivity contribution in [1.29, 1.82) is 0 Å². The van der Waals surface area contributed by atoms with E-state index in [9.17, 15) is 14.4 Å². The number of aryl methyl sites for hydroxylation is 2. The van der Waals surface area contributed by atoms with Gasteiger partial charge in [0.1, 0.15) is 6.04 Å². The Labute approximate surface area is 188 Å². The number of fused-ring (bicyclic) bond motifs is 5. The summed E-state index contributed by atoms with van der Waals surface area (Å²) in [5.74, 6) is -1.79. The van der Waals surface area contributed by atoms with E-state index in [1.807, 2.05) is 94.3 Å². The van der Waals surface area contributed by atoms with Gasteiger partial charge in [-0.3, -0.25) is 14.4 Å². The van der Waals surface area contributed by atoms with Crippen LogP contribution < -0.4 is 4.90 Å². The number of carbonyl (C=O) groups excluding carboxylic acids is 3. The quantitative estimate of drug-likeness (QED) is 0.664. The molecule has 2 fully saturated rings. The Morgan fingerprint density at radius 2 is 1.53 bits per heavy atom. The molecule has 5 nitrogen and oxygen atoms in total. The van der Waals surface area contributed by atoms with Crippen LogP contribution in [-0.2, 0) is 14.4 Å². The van der Waals surface area contributed by atoms with Crippen molar-refractivity contribution in [3.63, 3.8) is 0 Å². The summed E-state index contributed by atoms with van der Waals surface area (Å²) in [6, 6.07) is 12.7. The highest BCUT2D eigenvalue weighted by Gasteiger charge is 2.65. The molecule has 0 bridgehead atoms. The van der Waals surface area contributed by atoms with Crippen LogP contribution in [0.1, 0.15) is 49.1 Å². The maximum Gasteiger partial charge on any atom is 0.240 e. The number of Topliss-reactive ketones (excluding diaryl/α,β-unsaturated/α-hetero) is 1. The first-order valence-electron chi connectivity index (χ1n) is 11.1. The molecule has 3 aliphatic heterocycles. The van der Waals surface area contributed by atoms with Gasteiger partial charge in [0.25, 0.3) is 0 Å². The molecule has 0 spiro atoms. The number of benzene rings is 2. The van der Waals surface area contributed by atoms with Gasteiger partial charge >= 0.3 is 0 Å². The van der Waals surface area contributed by atoms with Crippen LogP contribution in [0, 0.1) is 31.1 Å². The predicted octanol–water partition coefficient (Wildman–Crippen LogP) is 4.43. The van der Waals surface area contributed by atoms with Gasteiger partial charge in [-0.2, -0.15) is 0 Å². The van der Waals surface area contributed by atoms with E-state index in [2.05, 4.69) is 0 Å². The summed E-state index contributed by atoms with van der Waals surface area (Å²) in [6.07, 6.45) is 3.88. The van der Waals surface area contributed by atoms with Crippen molar-refractivity contribution in [2.75, 3.05) is 4.90 Å². The lowest BCUT2D eigenvalue weighted by Gasteiger charge is -2.37. The second-order valence-electron chi connectivity index (χ2n) is 10.3. The Kier molecular flexibility index (Phi) is 4.45. The minimum atomic E-state index is -0.698. The molecule has 5 rings (SSSR count). The third kappa shape index (κ3) is 2.87. The van der Waals surface area contributed by atoms with E-state index in [4.69, 9.17) is 0 Å². The minimum absolute atomic E-state index is 0.0116. The van der Waals surface area contributed by atoms with Gasteiger partial charge in [0.2, 0.25) is 11.8 Å².